The molecule has 0 aliphatic rings. The number of carbonyl (C=O) groups excluding carboxylic acids is 1. The van der Waals surface area contributed by atoms with Crippen LogP contribution in [0.15, 0.2) is 11.3 Å². The summed E-state index contributed by atoms with van der Waals surface area (Å²) in [5.74, 6) is 0.141. The Morgan fingerprint density at radius 3 is 2.00 bits per heavy atom. The first kappa shape index (κ1) is 11.2. The van der Waals surface area contributed by atoms with E-state index in [1.807, 2.05) is 27.7 Å². The number of hydrogen-bond acceptors (Lipinski definition) is 2. The minimum absolute atomic E-state index is 0.141. The fourth-order valence-corrected chi connectivity index (χ4v) is 0.973. The van der Waals surface area contributed by atoms with Gasteiger partial charge in [0.05, 0.1) is 0 Å². The van der Waals surface area contributed by atoms with E-state index in [1.165, 1.54) is 0 Å². The molecule has 2 heteroatoms. The van der Waals surface area contributed by atoms with Gasteiger partial charge in [-0.1, -0.05) is 27.7 Å². The number of Topliss-reactive ketones (excluding diaryl/α,β-unsaturated/α-hetero) is 1. The van der Waals surface area contributed by atoms with Crippen LogP contribution >= 0.6 is 0 Å². The average Bonchev–Trinajstić information content (AvgIpc) is 1.98. The molecule has 0 saturated heterocycles. The minimum Gasteiger partial charge on any atom is -0.402 e. The Bertz CT molecular complexity index is 208. The minimum atomic E-state index is -0.316. The third kappa shape index (κ3) is 2.68. The van der Waals surface area contributed by atoms with E-state index in [1.54, 1.807) is 6.92 Å². The standard InChI is InChI=1S/C10H19NO/c1-6-8(11)7(2)9(12)10(3,4)5/h6,11H2,1-5H3/b8-7+. The van der Waals surface area contributed by atoms with Crippen molar-refractivity contribution in [1.29, 1.82) is 0 Å². The second-order valence-electron chi connectivity index (χ2n) is 4.08. The van der Waals surface area contributed by atoms with E-state index in [-0.39, 0.29) is 11.2 Å². The Labute approximate surface area is 74.8 Å². The number of rotatable bonds is 2. The van der Waals surface area contributed by atoms with Crippen molar-refractivity contribution in [3.8, 4) is 0 Å². The molecule has 0 heterocycles. The van der Waals surface area contributed by atoms with Crippen LogP contribution in [0.2, 0.25) is 0 Å². The summed E-state index contributed by atoms with van der Waals surface area (Å²) in [6.07, 6.45) is 0.744. The summed E-state index contributed by atoms with van der Waals surface area (Å²) >= 11 is 0. The van der Waals surface area contributed by atoms with Gasteiger partial charge in [0.15, 0.2) is 5.78 Å². The molecule has 0 aliphatic carbocycles. The van der Waals surface area contributed by atoms with E-state index in [0.717, 1.165) is 6.42 Å². The molecule has 0 aromatic carbocycles. The third-order valence-corrected chi connectivity index (χ3v) is 1.88. The largest absolute Gasteiger partial charge is 0.402 e. The molecule has 0 aromatic heterocycles. The monoisotopic (exact) mass is 169 g/mol. The molecular weight excluding hydrogens is 150 g/mol. The zero-order valence-corrected chi connectivity index (χ0v) is 8.69. The van der Waals surface area contributed by atoms with Gasteiger partial charge in [0.2, 0.25) is 0 Å². The second kappa shape index (κ2) is 3.74. The van der Waals surface area contributed by atoms with Gasteiger partial charge >= 0.3 is 0 Å². The smallest absolute Gasteiger partial charge is 0.165 e. The van der Waals surface area contributed by atoms with Crippen molar-refractivity contribution in [3.05, 3.63) is 11.3 Å². The predicted octanol–water partition coefficient (Wildman–Crippen LogP) is 2.24. The highest BCUT2D eigenvalue weighted by Gasteiger charge is 2.23. The van der Waals surface area contributed by atoms with Gasteiger partial charge in [-0.3, -0.25) is 4.79 Å². The third-order valence-electron chi connectivity index (χ3n) is 1.88. The van der Waals surface area contributed by atoms with Crippen LogP contribution in [0.25, 0.3) is 0 Å². The number of hydrogen-bond donors (Lipinski definition) is 1. The molecular formula is C10H19NO. The van der Waals surface area contributed by atoms with Crippen LogP contribution in [0.5, 0.6) is 0 Å². The quantitative estimate of drug-likeness (QED) is 0.644. The number of ketones is 1. The second-order valence-corrected chi connectivity index (χ2v) is 4.08. The van der Waals surface area contributed by atoms with Crippen molar-refractivity contribution in [3.63, 3.8) is 0 Å². The molecule has 0 spiro atoms. The normalized spacial score (nSPS) is 14.1. The van der Waals surface area contributed by atoms with E-state index in [2.05, 4.69) is 0 Å². The fourth-order valence-electron chi connectivity index (χ4n) is 0.973. The molecule has 12 heavy (non-hydrogen) atoms. The van der Waals surface area contributed by atoms with Crippen LogP contribution in [0.4, 0.5) is 0 Å². The summed E-state index contributed by atoms with van der Waals surface area (Å²) in [4.78, 5) is 11.6. The van der Waals surface area contributed by atoms with Crippen molar-refractivity contribution < 1.29 is 4.79 Å². The van der Waals surface area contributed by atoms with Crippen molar-refractivity contribution >= 4 is 5.78 Å². The molecule has 0 atom stereocenters. The van der Waals surface area contributed by atoms with E-state index in [4.69, 9.17) is 5.73 Å². The first-order valence-corrected chi connectivity index (χ1v) is 4.30. The Morgan fingerprint density at radius 2 is 1.75 bits per heavy atom. The van der Waals surface area contributed by atoms with Gasteiger partial charge in [0.25, 0.3) is 0 Å². The molecule has 0 fully saturated rings. The van der Waals surface area contributed by atoms with Gasteiger partial charge in [-0.25, -0.2) is 0 Å². The van der Waals surface area contributed by atoms with Gasteiger partial charge in [-0.05, 0) is 13.3 Å². The van der Waals surface area contributed by atoms with E-state index < -0.39 is 0 Å². The fraction of sp³-hybridized carbons (Fsp3) is 0.700. The lowest BCUT2D eigenvalue weighted by molar-refractivity contribution is -0.122. The topological polar surface area (TPSA) is 43.1 Å². The SMILES string of the molecule is CC/C(N)=C(/C)C(=O)C(C)(C)C. The summed E-state index contributed by atoms with van der Waals surface area (Å²) in [7, 11) is 0. The Balaban J connectivity index is 4.74. The highest BCUT2D eigenvalue weighted by Crippen LogP contribution is 2.20. The maximum absolute atomic E-state index is 11.6. The molecule has 0 aromatic rings. The van der Waals surface area contributed by atoms with Crippen molar-refractivity contribution in [2.45, 2.75) is 41.0 Å². The Morgan fingerprint density at radius 1 is 1.33 bits per heavy atom. The van der Waals surface area contributed by atoms with Crippen molar-refractivity contribution in [1.82, 2.24) is 0 Å². The van der Waals surface area contributed by atoms with Crippen LogP contribution in [-0.2, 0) is 4.79 Å². The average molecular weight is 169 g/mol. The summed E-state index contributed by atoms with van der Waals surface area (Å²) in [6, 6.07) is 0. The maximum atomic E-state index is 11.6. The molecule has 0 radical (unpaired) electrons. The Hall–Kier alpha value is -0.790. The highest BCUT2D eigenvalue weighted by molar-refractivity contribution is 5.99. The molecule has 2 N–H and O–H groups in total. The molecule has 0 rings (SSSR count). The number of carbonyl (C=O) groups is 1. The van der Waals surface area contributed by atoms with E-state index >= 15 is 0 Å². The summed E-state index contributed by atoms with van der Waals surface area (Å²) in [5.41, 5.74) is 6.77. The van der Waals surface area contributed by atoms with Crippen LogP contribution in [0, 0.1) is 5.41 Å². The number of nitrogens with two attached hydrogens (primary N) is 1. The lowest BCUT2D eigenvalue weighted by Crippen LogP contribution is -2.23. The molecule has 70 valence electrons. The first-order valence-electron chi connectivity index (χ1n) is 4.30. The summed E-state index contributed by atoms with van der Waals surface area (Å²) < 4.78 is 0. The lowest BCUT2D eigenvalue weighted by Gasteiger charge is -2.18. The molecule has 2 nitrogen and oxygen atoms in total. The van der Waals surface area contributed by atoms with Gasteiger partial charge in [0, 0.05) is 16.7 Å². The van der Waals surface area contributed by atoms with Gasteiger partial charge in [-0.2, -0.15) is 0 Å². The van der Waals surface area contributed by atoms with Crippen LogP contribution < -0.4 is 5.73 Å². The molecule has 0 amide bonds. The van der Waals surface area contributed by atoms with Crippen LogP contribution in [-0.4, -0.2) is 5.78 Å². The molecule has 0 saturated carbocycles. The van der Waals surface area contributed by atoms with E-state index in [9.17, 15) is 4.79 Å². The zero-order valence-electron chi connectivity index (χ0n) is 8.69. The lowest BCUT2D eigenvalue weighted by atomic mass is 9.86. The molecule has 0 unspecified atom stereocenters. The molecule has 0 aliphatic heterocycles. The molecule has 0 bridgehead atoms. The summed E-state index contributed by atoms with van der Waals surface area (Å²) in [5, 5.41) is 0. The predicted molar refractivity (Wildman–Crippen MR) is 51.6 cm³/mol. The van der Waals surface area contributed by atoms with Gasteiger partial charge in [-0.15, -0.1) is 0 Å². The van der Waals surface area contributed by atoms with Crippen LogP contribution in [0.1, 0.15) is 41.0 Å². The zero-order chi connectivity index (χ0) is 9.94. The maximum Gasteiger partial charge on any atom is 0.165 e. The Kier molecular flexibility index (Phi) is 3.50. The van der Waals surface area contributed by atoms with Gasteiger partial charge in [0.1, 0.15) is 0 Å². The highest BCUT2D eigenvalue weighted by atomic mass is 16.1. The van der Waals surface area contributed by atoms with Crippen molar-refractivity contribution in [2.24, 2.45) is 11.1 Å². The van der Waals surface area contributed by atoms with Gasteiger partial charge < -0.3 is 5.73 Å². The first-order chi connectivity index (χ1) is 5.30. The van der Waals surface area contributed by atoms with Crippen LogP contribution in [0.3, 0.4) is 0 Å². The van der Waals surface area contributed by atoms with E-state index in [0.29, 0.717) is 11.3 Å². The number of allylic oxidation sites excluding steroid dienone is 2. The summed E-state index contributed by atoms with van der Waals surface area (Å²) in [6.45, 7) is 9.46. The van der Waals surface area contributed by atoms with Crippen molar-refractivity contribution in [2.75, 3.05) is 0 Å².